The molecule has 0 saturated carbocycles. The van der Waals surface area contributed by atoms with Gasteiger partial charge in [-0.2, -0.15) is 0 Å². The topological polar surface area (TPSA) is 55.1 Å². The van der Waals surface area contributed by atoms with Crippen molar-refractivity contribution in [1.82, 2.24) is 5.16 Å². The van der Waals surface area contributed by atoms with E-state index in [2.05, 4.69) is 58.3 Å². The number of carbonyl (C=O) groups excluding carboxylic acids is 1. The van der Waals surface area contributed by atoms with Crippen LogP contribution in [0.15, 0.2) is 66.5 Å². The summed E-state index contributed by atoms with van der Waals surface area (Å²) in [5.74, 6) is 0.652. The Morgan fingerprint density at radius 1 is 1.00 bits per heavy atom. The summed E-state index contributed by atoms with van der Waals surface area (Å²) in [4.78, 5) is 12.4. The van der Waals surface area contributed by atoms with Crippen LogP contribution in [0.5, 0.6) is 0 Å². The Kier molecular flexibility index (Phi) is 4.99. The molecule has 0 bridgehead atoms. The summed E-state index contributed by atoms with van der Waals surface area (Å²) in [5.41, 5.74) is 1.37. The molecule has 0 aliphatic rings. The molecule has 0 spiro atoms. The Bertz CT molecular complexity index is 857. The van der Waals surface area contributed by atoms with Gasteiger partial charge in [-0.25, -0.2) is 0 Å². The molecule has 0 unspecified atom stereocenters. The second-order valence-corrected chi connectivity index (χ2v) is 7.26. The Hall–Kier alpha value is -1.44. The highest BCUT2D eigenvalue weighted by molar-refractivity contribution is 9.11. The number of nitrogens with one attached hydrogen (secondary N) is 1. The molecule has 7 heteroatoms. The smallest absolute Gasteiger partial charge is 0.259 e. The van der Waals surface area contributed by atoms with Crippen molar-refractivity contribution in [3.63, 3.8) is 0 Å². The summed E-state index contributed by atoms with van der Waals surface area (Å²) >= 11 is 10.2. The van der Waals surface area contributed by atoms with Crippen LogP contribution in [0.2, 0.25) is 0 Å². The van der Waals surface area contributed by atoms with Crippen molar-refractivity contribution >= 4 is 59.5 Å². The molecule has 3 rings (SSSR count). The average molecular weight is 501 g/mol. The molecule has 1 aromatic heterocycles. The maximum Gasteiger partial charge on any atom is 0.259 e. The number of aromatic nitrogens is 1. The lowest BCUT2D eigenvalue weighted by atomic mass is 10.2. The van der Waals surface area contributed by atoms with Crippen molar-refractivity contribution in [1.29, 1.82) is 0 Å². The maximum absolute atomic E-state index is 12.4. The number of halogens is 3. The summed E-state index contributed by atoms with van der Waals surface area (Å²) in [7, 11) is 0. The number of anilines is 1. The summed E-state index contributed by atoms with van der Waals surface area (Å²) in [6.45, 7) is 0. The standard InChI is InChI=1S/C16H9Br3N2O2/c17-10-4-1-3-9(7-10)13-8-14(21-23-13)20-16(22)15-11(18)5-2-6-12(15)19/h1-8H,(H,20,21,22). The zero-order valence-corrected chi connectivity index (χ0v) is 16.3. The van der Waals surface area contributed by atoms with Crippen molar-refractivity contribution < 1.29 is 9.32 Å². The van der Waals surface area contributed by atoms with E-state index in [0.717, 1.165) is 10.0 Å². The van der Waals surface area contributed by atoms with Crippen molar-refractivity contribution in [3.05, 3.63) is 67.5 Å². The van der Waals surface area contributed by atoms with Gasteiger partial charge >= 0.3 is 0 Å². The first-order valence-electron chi connectivity index (χ1n) is 6.52. The molecule has 0 atom stereocenters. The van der Waals surface area contributed by atoms with Gasteiger partial charge in [0.15, 0.2) is 11.6 Å². The minimum absolute atomic E-state index is 0.279. The van der Waals surface area contributed by atoms with E-state index in [1.807, 2.05) is 30.3 Å². The van der Waals surface area contributed by atoms with E-state index >= 15 is 0 Å². The second-order valence-electron chi connectivity index (χ2n) is 4.64. The molecule has 3 aromatic rings. The van der Waals surface area contributed by atoms with Gasteiger partial charge in [-0.1, -0.05) is 39.3 Å². The van der Waals surface area contributed by atoms with Crippen LogP contribution in [0, 0.1) is 0 Å². The van der Waals surface area contributed by atoms with E-state index in [1.165, 1.54) is 0 Å². The number of amides is 1. The number of carbonyl (C=O) groups is 1. The largest absolute Gasteiger partial charge is 0.354 e. The van der Waals surface area contributed by atoms with Gasteiger partial charge in [0, 0.05) is 25.0 Å². The lowest BCUT2D eigenvalue weighted by molar-refractivity contribution is 0.102. The van der Waals surface area contributed by atoms with Crippen LogP contribution in [-0.2, 0) is 0 Å². The van der Waals surface area contributed by atoms with Gasteiger partial charge in [-0.15, -0.1) is 0 Å². The molecule has 0 aliphatic carbocycles. The molecule has 4 nitrogen and oxygen atoms in total. The number of benzene rings is 2. The van der Waals surface area contributed by atoms with E-state index < -0.39 is 0 Å². The molecule has 0 saturated heterocycles. The van der Waals surface area contributed by atoms with Gasteiger partial charge in [-0.05, 0) is 56.1 Å². The first kappa shape index (κ1) is 16.4. The Labute approximate surface area is 157 Å². The second kappa shape index (κ2) is 6.98. The Balaban J connectivity index is 1.83. The van der Waals surface area contributed by atoms with Crippen molar-refractivity contribution in [2.24, 2.45) is 0 Å². The molecular formula is C16H9Br3N2O2. The average Bonchev–Trinajstić information content (AvgIpc) is 2.95. The molecule has 2 aromatic carbocycles. The van der Waals surface area contributed by atoms with Crippen LogP contribution in [0.4, 0.5) is 5.82 Å². The fourth-order valence-electron chi connectivity index (χ4n) is 2.01. The van der Waals surface area contributed by atoms with Gasteiger partial charge in [0.05, 0.1) is 5.56 Å². The zero-order valence-electron chi connectivity index (χ0n) is 11.5. The van der Waals surface area contributed by atoms with Gasteiger partial charge in [0.1, 0.15) is 0 Å². The van der Waals surface area contributed by atoms with Crippen LogP contribution < -0.4 is 5.32 Å². The van der Waals surface area contributed by atoms with Gasteiger partial charge < -0.3 is 9.84 Å². The van der Waals surface area contributed by atoms with Gasteiger partial charge in [0.25, 0.3) is 5.91 Å². The fourth-order valence-corrected chi connectivity index (χ4v) is 3.76. The van der Waals surface area contributed by atoms with Crippen molar-refractivity contribution in [2.75, 3.05) is 5.32 Å². The SMILES string of the molecule is O=C(Nc1cc(-c2cccc(Br)c2)on1)c1c(Br)cccc1Br. The number of rotatable bonds is 3. The minimum Gasteiger partial charge on any atom is -0.354 e. The highest BCUT2D eigenvalue weighted by Gasteiger charge is 2.16. The first-order chi connectivity index (χ1) is 11.0. The predicted octanol–water partition coefficient (Wildman–Crippen LogP) is 5.88. The van der Waals surface area contributed by atoms with Gasteiger partial charge in [-0.3, -0.25) is 4.79 Å². The number of hydrogen-bond acceptors (Lipinski definition) is 3. The maximum atomic E-state index is 12.4. The monoisotopic (exact) mass is 498 g/mol. The number of nitrogens with zero attached hydrogens (tertiary/aromatic N) is 1. The van der Waals surface area contributed by atoms with E-state index in [4.69, 9.17) is 4.52 Å². The molecule has 0 fully saturated rings. The highest BCUT2D eigenvalue weighted by Crippen LogP contribution is 2.28. The van der Waals surface area contributed by atoms with Crippen LogP contribution in [0.25, 0.3) is 11.3 Å². The van der Waals surface area contributed by atoms with Crippen LogP contribution in [0.3, 0.4) is 0 Å². The molecule has 23 heavy (non-hydrogen) atoms. The van der Waals surface area contributed by atoms with E-state index in [1.54, 1.807) is 18.2 Å². The van der Waals surface area contributed by atoms with E-state index in [9.17, 15) is 4.79 Å². The quantitative estimate of drug-likeness (QED) is 0.488. The van der Waals surface area contributed by atoms with Crippen molar-refractivity contribution in [3.8, 4) is 11.3 Å². The zero-order chi connectivity index (χ0) is 16.4. The Morgan fingerprint density at radius 2 is 1.70 bits per heavy atom. The molecule has 1 N–H and O–H groups in total. The summed E-state index contributed by atoms with van der Waals surface area (Å²) in [6, 6.07) is 14.8. The van der Waals surface area contributed by atoms with Crippen LogP contribution in [0.1, 0.15) is 10.4 Å². The molecule has 1 heterocycles. The normalized spacial score (nSPS) is 10.6. The van der Waals surface area contributed by atoms with E-state index in [0.29, 0.717) is 26.1 Å². The molecule has 0 aliphatic heterocycles. The third-order valence-electron chi connectivity index (χ3n) is 3.05. The molecule has 116 valence electrons. The lowest BCUT2D eigenvalue weighted by Crippen LogP contribution is -2.13. The van der Waals surface area contributed by atoms with Gasteiger partial charge in [0.2, 0.25) is 0 Å². The summed E-state index contributed by atoms with van der Waals surface area (Å²) in [5, 5.41) is 6.62. The minimum atomic E-state index is -0.279. The number of hydrogen-bond donors (Lipinski definition) is 1. The molecular weight excluding hydrogens is 492 g/mol. The lowest BCUT2D eigenvalue weighted by Gasteiger charge is -2.06. The molecule has 0 radical (unpaired) electrons. The first-order valence-corrected chi connectivity index (χ1v) is 8.90. The Morgan fingerprint density at radius 3 is 2.39 bits per heavy atom. The van der Waals surface area contributed by atoms with Crippen LogP contribution in [-0.4, -0.2) is 11.1 Å². The predicted molar refractivity (Wildman–Crippen MR) is 99.4 cm³/mol. The van der Waals surface area contributed by atoms with E-state index in [-0.39, 0.29) is 5.91 Å². The highest BCUT2D eigenvalue weighted by atomic mass is 79.9. The third-order valence-corrected chi connectivity index (χ3v) is 4.87. The third kappa shape index (κ3) is 3.73. The fraction of sp³-hybridized carbons (Fsp3) is 0. The van der Waals surface area contributed by atoms with Crippen LogP contribution >= 0.6 is 47.8 Å². The summed E-state index contributed by atoms with van der Waals surface area (Å²) < 4.78 is 7.62. The van der Waals surface area contributed by atoms with Crippen molar-refractivity contribution in [2.45, 2.75) is 0 Å². The summed E-state index contributed by atoms with van der Waals surface area (Å²) in [6.07, 6.45) is 0. The molecule has 1 amide bonds.